The van der Waals surface area contributed by atoms with Crippen molar-refractivity contribution >= 4 is 15.9 Å². The van der Waals surface area contributed by atoms with Gasteiger partial charge in [0.25, 0.3) is 0 Å². The molecule has 0 spiro atoms. The average molecular weight is 342 g/mol. The lowest BCUT2D eigenvalue weighted by Crippen LogP contribution is -2.35. The summed E-state index contributed by atoms with van der Waals surface area (Å²) < 4.78 is 30.1. The fraction of sp³-hybridized carbons (Fsp3) is 0.786. The maximum atomic E-state index is 12.5. The Balaban J connectivity index is 1.62. The van der Waals surface area contributed by atoms with E-state index in [2.05, 4.69) is 10.1 Å². The summed E-state index contributed by atoms with van der Waals surface area (Å²) in [6.45, 7) is 3.37. The van der Waals surface area contributed by atoms with E-state index in [-0.39, 0.29) is 30.7 Å². The molecule has 2 aliphatic rings. The largest absolute Gasteiger partial charge is 0.339 e. The van der Waals surface area contributed by atoms with Crippen molar-refractivity contribution in [2.75, 3.05) is 25.4 Å². The molecule has 2 fully saturated rings. The van der Waals surface area contributed by atoms with Crippen LogP contribution in [-0.2, 0) is 21.2 Å². The van der Waals surface area contributed by atoms with E-state index in [1.807, 2.05) is 6.92 Å². The smallest absolute Gasteiger partial charge is 0.226 e. The summed E-state index contributed by atoms with van der Waals surface area (Å²) in [4.78, 5) is 18.6. The number of hydrogen-bond acceptors (Lipinski definition) is 6. The van der Waals surface area contributed by atoms with E-state index in [1.54, 1.807) is 4.90 Å². The molecule has 0 bridgehead atoms. The number of carbonyl (C=O) groups excluding carboxylic acids is 1. The number of nitrogens with zero attached hydrogens (tertiary/aromatic N) is 4. The molecule has 1 atom stereocenters. The Morgan fingerprint density at radius 3 is 2.83 bits per heavy atom. The molecule has 1 amide bonds. The minimum absolute atomic E-state index is 0.0440. The van der Waals surface area contributed by atoms with Crippen LogP contribution in [0.5, 0.6) is 0 Å². The molecule has 0 aliphatic carbocycles. The lowest BCUT2D eigenvalue weighted by atomic mass is 10.2. The van der Waals surface area contributed by atoms with Gasteiger partial charge < -0.3 is 9.42 Å². The fourth-order valence-corrected chi connectivity index (χ4v) is 4.72. The summed E-state index contributed by atoms with van der Waals surface area (Å²) >= 11 is 0. The highest BCUT2D eigenvalue weighted by molar-refractivity contribution is 7.89. The second-order valence-corrected chi connectivity index (χ2v) is 8.05. The molecule has 3 rings (SSSR count). The van der Waals surface area contributed by atoms with Crippen LogP contribution in [0, 0.1) is 0 Å². The summed E-state index contributed by atoms with van der Waals surface area (Å²) in [7, 11) is -3.15. The van der Waals surface area contributed by atoms with E-state index in [4.69, 9.17) is 4.52 Å². The van der Waals surface area contributed by atoms with Gasteiger partial charge in [-0.15, -0.1) is 0 Å². The van der Waals surface area contributed by atoms with Gasteiger partial charge in [-0.3, -0.25) is 4.79 Å². The first kappa shape index (κ1) is 16.4. The Labute approximate surface area is 135 Å². The number of likely N-dealkylation sites (tertiary alicyclic amines) is 1. The van der Waals surface area contributed by atoms with Crippen LogP contribution in [0.4, 0.5) is 0 Å². The molecule has 3 heterocycles. The van der Waals surface area contributed by atoms with Gasteiger partial charge in [-0.2, -0.15) is 4.98 Å². The highest BCUT2D eigenvalue weighted by Gasteiger charge is 2.34. The number of hydrogen-bond donors (Lipinski definition) is 0. The van der Waals surface area contributed by atoms with E-state index in [1.165, 1.54) is 4.31 Å². The maximum absolute atomic E-state index is 12.5. The minimum Gasteiger partial charge on any atom is -0.339 e. The zero-order valence-electron chi connectivity index (χ0n) is 13.3. The summed E-state index contributed by atoms with van der Waals surface area (Å²) in [5.74, 6) is 1.28. The van der Waals surface area contributed by atoms with Crippen LogP contribution in [0.3, 0.4) is 0 Å². The number of amides is 1. The normalized spacial score (nSPS) is 24.4. The molecular weight excluding hydrogens is 320 g/mol. The van der Waals surface area contributed by atoms with Gasteiger partial charge in [0.1, 0.15) is 0 Å². The first-order chi connectivity index (χ1) is 11.0. The number of sulfonamides is 1. The van der Waals surface area contributed by atoms with E-state index in [9.17, 15) is 13.2 Å². The summed E-state index contributed by atoms with van der Waals surface area (Å²) in [6.07, 6.45) is 3.23. The first-order valence-corrected chi connectivity index (χ1v) is 9.72. The van der Waals surface area contributed by atoms with E-state index >= 15 is 0 Å². The van der Waals surface area contributed by atoms with Crippen molar-refractivity contribution in [3.05, 3.63) is 11.7 Å². The van der Waals surface area contributed by atoms with E-state index in [0.717, 1.165) is 12.8 Å². The van der Waals surface area contributed by atoms with Gasteiger partial charge in [0.05, 0.1) is 11.8 Å². The molecule has 9 heteroatoms. The summed E-state index contributed by atoms with van der Waals surface area (Å²) in [5, 5.41) is 3.98. The molecule has 8 nitrogen and oxygen atoms in total. The fourth-order valence-electron chi connectivity index (χ4n) is 3.19. The number of aryl methyl sites for hydroxylation is 1. The van der Waals surface area contributed by atoms with Crippen molar-refractivity contribution in [1.82, 2.24) is 19.3 Å². The summed E-state index contributed by atoms with van der Waals surface area (Å²) in [6, 6.07) is -0.151. The lowest BCUT2D eigenvalue weighted by Gasteiger charge is -2.23. The van der Waals surface area contributed by atoms with Crippen LogP contribution in [0.25, 0.3) is 0 Å². The van der Waals surface area contributed by atoms with E-state index in [0.29, 0.717) is 37.6 Å². The third kappa shape index (κ3) is 3.40. The van der Waals surface area contributed by atoms with Crippen LogP contribution >= 0.6 is 0 Å². The predicted molar refractivity (Wildman–Crippen MR) is 82.0 cm³/mol. The molecule has 128 valence electrons. The van der Waals surface area contributed by atoms with Crippen LogP contribution < -0.4 is 0 Å². The molecule has 0 saturated carbocycles. The van der Waals surface area contributed by atoms with Gasteiger partial charge in [0, 0.05) is 32.5 Å². The average Bonchev–Trinajstić information content (AvgIpc) is 3.23. The highest BCUT2D eigenvalue weighted by Crippen LogP contribution is 2.30. The second-order valence-electron chi connectivity index (χ2n) is 5.96. The Morgan fingerprint density at radius 2 is 2.17 bits per heavy atom. The van der Waals surface area contributed by atoms with Gasteiger partial charge in [0.2, 0.25) is 21.8 Å². The van der Waals surface area contributed by atoms with Crippen molar-refractivity contribution < 1.29 is 17.7 Å². The molecule has 0 radical (unpaired) electrons. The van der Waals surface area contributed by atoms with Crippen LogP contribution in [0.15, 0.2) is 4.52 Å². The quantitative estimate of drug-likeness (QED) is 0.782. The molecule has 0 N–H and O–H groups in total. The SMILES string of the molecule is CCc1nc([C@@H]2CCCN2C(=O)CCN2CCCS2(=O)=O)no1. The standard InChI is InChI=1S/C14H22N4O4S/c1-2-12-15-14(16-22-12)11-5-3-8-18(11)13(19)6-9-17-7-4-10-23(17,20)21/h11H,2-10H2,1H3/t11-/m0/s1. The number of carbonyl (C=O) groups is 1. The molecule has 0 aromatic carbocycles. The predicted octanol–water partition coefficient (Wildman–Crippen LogP) is 0.721. The number of aromatic nitrogens is 2. The van der Waals surface area contributed by atoms with Gasteiger partial charge in [-0.1, -0.05) is 12.1 Å². The monoisotopic (exact) mass is 342 g/mol. The molecule has 2 aliphatic heterocycles. The topological polar surface area (TPSA) is 96.6 Å². The Morgan fingerprint density at radius 1 is 1.35 bits per heavy atom. The van der Waals surface area contributed by atoms with Gasteiger partial charge in [-0.05, 0) is 19.3 Å². The van der Waals surface area contributed by atoms with Crippen molar-refractivity contribution in [1.29, 1.82) is 0 Å². The Kier molecular flexibility index (Phi) is 4.67. The Hall–Kier alpha value is -1.48. The summed E-state index contributed by atoms with van der Waals surface area (Å²) in [5.41, 5.74) is 0. The molecule has 1 aromatic rings. The van der Waals surface area contributed by atoms with Crippen molar-refractivity contribution in [2.24, 2.45) is 0 Å². The van der Waals surface area contributed by atoms with Gasteiger partial charge in [-0.25, -0.2) is 12.7 Å². The third-order valence-electron chi connectivity index (χ3n) is 4.44. The van der Waals surface area contributed by atoms with Crippen molar-refractivity contribution in [3.8, 4) is 0 Å². The first-order valence-electron chi connectivity index (χ1n) is 8.11. The minimum atomic E-state index is -3.15. The van der Waals surface area contributed by atoms with Crippen LogP contribution in [0.1, 0.15) is 50.4 Å². The van der Waals surface area contributed by atoms with Crippen molar-refractivity contribution in [2.45, 2.75) is 45.1 Å². The zero-order chi connectivity index (χ0) is 16.4. The zero-order valence-corrected chi connectivity index (χ0v) is 14.1. The van der Waals surface area contributed by atoms with Gasteiger partial charge >= 0.3 is 0 Å². The lowest BCUT2D eigenvalue weighted by molar-refractivity contribution is -0.132. The highest BCUT2D eigenvalue weighted by atomic mass is 32.2. The molecule has 1 aromatic heterocycles. The molecule has 0 unspecified atom stereocenters. The Bertz CT molecular complexity index is 672. The molecule has 23 heavy (non-hydrogen) atoms. The second kappa shape index (κ2) is 6.56. The molecular formula is C14H22N4O4S. The van der Waals surface area contributed by atoms with Crippen LogP contribution in [0.2, 0.25) is 0 Å². The van der Waals surface area contributed by atoms with E-state index < -0.39 is 10.0 Å². The molecule has 2 saturated heterocycles. The maximum Gasteiger partial charge on any atom is 0.226 e. The van der Waals surface area contributed by atoms with Crippen molar-refractivity contribution in [3.63, 3.8) is 0 Å². The third-order valence-corrected chi connectivity index (χ3v) is 6.39. The van der Waals surface area contributed by atoms with Crippen LogP contribution in [-0.4, -0.2) is 59.1 Å². The van der Waals surface area contributed by atoms with Gasteiger partial charge in [0.15, 0.2) is 5.82 Å². The number of rotatable bonds is 5.